The van der Waals surface area contributed by atoms with E-state index in [0.29, 0.717) is 10.0 Å². The minimum Gasteiger partial charge on any atom is -0.331 e. The molecule has 0 aliphatic heterocycles. The number of thiazole rings is 2. The second-order valence-electron chi connectivity index (χ2n) is 8.80. The molecule has 6 aromatic rings. The highest BCUT2D eigenvalue weighted by molar-refractivity contribution is 9.10. The minimum absolute atomic E-state index is 0.660. The quantitative estimate of drug-likeness (QED) is 0.172. The zero-order valence-electron chi connectivity index (χ0n) is 20.5. The highest BCUT2D eigenvalue weighted by atomic mass is 79.9. The van der Waals surface area contributed by atoms with Crippen LogP contribution >= 0.6 is 77.7 Å². The molecule has 0 fully saturated rings. The first-order chi connectivity index (χ1) is 19.4. The lowest BCUT2D eigenvalue weighted by molar-refractivity contribution is 1.38. The first kappa shape index (κ1) is 27.4. The summed E-state index contributed by atoms with van der Waals surface area (Å²) in [5, 5.41) is 13.7. The molecule has 0 amide bonds. The molecular weight excluding hydrogens is 711 g/mol. The molecule has 6 rings (SSSR count). The second-order valence-corrected chi connectivity index (χ2v) is 13.2. The summed E-state index contributed by atoms with van der Waals surface area (Å²) in [4.78, 5) is 9.50. The Bertz CT molecular complexity index is 1630. The van der Waals surface area contributed by atoms with Gasteiger partial charge >= 0.3 is 0 Å². The van der Waals surface area contributed by atoms with Crippen molar-refractivity contribution in [3.63, 3.8) is 0 Å². The fourth-order valence-electron chi connectivity index (χ4n) is 4.09. The van der Waals surface area contributed by atoms with E-state index in [0.717, 1.165) is 64.2 Å². The van der Waals surface area contributed by atoms with Gasteiger partial charge in [-0.2, -0.15) is 0 Å². The van der Waals surface area contributed by atoms with Crippen molar-refractivity contribution in [2.75, 3.05) is 10.6 Å². The van der Waals surface area contributed by atoms with Gasteiger partial charge in [0.15, 0.2) is 10.3 Å². The number of aromatic nitrogens is 2. The van der Waals surface area contributed by atoms with E-state index in [1.165, 1.54) is 0 Å². The summed E-state index contributed by atoms with van der Waals surface area (Å²) >= 11 is 22.4. The summed E-state index contributed by atoms with van der Waals surface area (Å²) < 4.78 is 1.83. The van der Waals surface area contributed by atoms with E-state index in [4.69, 9.17) is 33.2 Å². The Labute approximate surface area is 266 Å². The van der Waals surface area contributed by atoms with Crippen LogP contribution in [0.4, 0.5) is 21.6 Å². The molecule has 10 heteroatoms. The van der Waals surface area contributed by atoms with E-state index in [9.17, 15) is 0 Å². The molecule has 2 heterocycles. The summed E-state index contributed by atoms with van der Waals surface area (Å²) in [6, 6.07) is 28.3. The fraction of sp³-hybridized carbons (Fsp3) is 0. The van der Waals surface area contributed by atoms with Crippen molar-refractivity contribution in [3.05, 3.63) is 115 Å². The van der Waals surface area contributed by atoms with Crippen LogP contribution in [-0.2, 0) is 0 Å². The first-order valence-corrected chi connectivity index (χ1v) is 16.1. The third kappa shape index (κ3) is 6.60. The number of benzene rings is 4. The maximum atomic E-state index is 6.16. The van der Waals surface area contributed by atoms with Gasteiger partial charge in [-0.25, -0.2) is 9.97 Å². The van der Waals surface area contributed by atoms with E-state index in [-0.39, 0.29) is 0 Å². The van der Waals surface area contributed by atoms with E-state index in [1.807, 2.05) is 47.2 Å². The van der Waals surface area contributed by atoms with Gasteiger partial charge in [0, 0.05) is 52.3 Å². The molecule has 0 bridgehead atoms. The Morgan fingerprint density at radius 2 is 0.900 bits per heavy atom. The monoisotopic (exact) mass is 726 g/mol. The van der Waals surface area contributed by atoms with Crippen LogP contribution in [0.15, 0.2) is 105 Å². The van der Waals surface area contributed by atoms with Gasteiger partial charge in [-0.15, -0.1) is 22.7 Å². The number of hydrogen-bond donors (Lipinski definition) is 2. The summed E-state index contributed by atoms with van der Waals surface area (Å²) in [7, 11) is 0. The number of nitrogens with one attached hydrogen (secondary N) is 2. The van der Waals surface area contributed by atoms with Crippen molar-refractivity contribution in [3.8, 4) is 33.6 Å². The SMILES string of the molecule is Clc1cc(Br)cc(Nc2nc(-c3ccc(-c4ccc(-c5csc(Nc6cc(Cl)cc(Br)c6)n5)cc4)cc3)cs2)c1. The molecule has 4 nitrogen and oxygen atoms in total. The lowest BCUT2D eigenvalue weighted by atomic mass is 10.0. The molecular formula is C30H18Br2Cl2N4S2. The number of anilines is 4. The third-order valence-corrected chi connectivity index (χ3v) is 8.80. The average Bonchev–Trinajstić information content (AvgIpc) is 3.58. The Balaban J connectivity index is 1.13. The predicted octanol–water partition coefficient (Wildman–Crippen LogP) is 11.9. The van der Waals surface area contributed by atoms with Crippen LogP contribution in [0.25, 0.3) is 33.6 Å². The van der Waals surface area contributed by atoms with Crippen LogP contribution in [0.1, 0.15) is 0 Å². The minimum atomic E-state index is 0.660. The van der Waals surface area contributed by atoms with Crippen molar-refractivity contribution in [1.29, 1.82) is 0 Å². The van der Waals surface area contributed by atoms with Gasteiger partial charge in [0.2, 0.25) is 0 Å². The molecule has 0 atom stereocenters. The molecule has 0 saturated carbocycles. The second kappa shape index (κ2) is 12.0. The molecule has 0 unspecified atom stereocenters. The smallest absolute Gasteiger partial charge is 0.187 e. The van der Waals surface area contributed by atoms with E-state index in [1.54, 1.807) is 22.7 Å². The van der Waals surface area contributed by atoms with Gasteiger partial charge < -0.3 is 10.6 Å². The lowest BCUT2D eigenvalue weighted by Crippen LogP contribution is -1.90. The van der Waals surface area contributed by atoms with E-state index < -0.39 is 0 Å². The Morgan fingerprint density at radius 3 is 1.27 bits per heavy atom. The van der Waals surface area contributed by atoms with Gasteiger partial charge in [0.25, 0.3) is 0 Å². The van der Waals surface area contributed by atoms with Crippen molar-refractivity contribution in [1.82, 2.24) is 9.97 Å². The number of hydrogen-bond acceptors (Lipinski definition) is 6. The average molecular weight is 729 g/mol. The van der Waals surface area contributed by atoms with Crippen LogP contribution in [0.2, 0.25) is 10.0 Å². The van der Waals surface area contributed by atoms with Crippen LogP contribution in [0, 0.1) is 0 Å². The Kier molecular flexibility index (Phi) is 8.25. The molecule has 0 aliphatic carbocycles. The highest BCUT2D eigenvalue weighted by Crippen LogP contribution is 2.33. The molecule has 2 aromatic heterocycles. The zero-order chi connectivity index (χ0) is 27.6. The largest absolute Gasteiger partial charge is 0.331 e. The fourth-order valence-corrected chi connectivity index (χ4v) is 7.29. The van der Waals surface area contributed by atoms with Gasteiger partial charge in [-0.1, -0.05) is 104 Å². The van der Waals surface area contributed by atoms with Crippen molar-refractivity contribution in [2.24, 2.45) is 0 Å². The zero-order valence-corrected chi connectivity index (χ0v) is 26.8. The van der Waals surface area contributed by atoms with E-state index >= 15 is 0 Å². The lowest BCUT2D eigenvalue weighted by Gasteiger charge is -2.06. The standard InChI is InChI=1S/C30H18Br2Cl2N4S2/c31-21-9-23(33)13-25(11-21)35-29-37-27(15-39-29)19-5-1-17(2-6-19)18-3-7-20(8-4-18)28-16-40-30(38-28)36-26-12-22(32)10-24(34)14-26/h1-16H,(H,35,37)(H,36,38). The van der Waals surface area contributed by atoms with Crippen LogP contribution in [-0.4, -0.2) is 9.97 Å². The Hall–Kier alpha value is -2.72. The molecule has 0 aliphatic rings. The Morgan fingerprint density at radius 1 is 0.525 bits per heavy atom. The van der Waals surface area contributed by atoms with Gasteiger partial charge in [-0.3, -0.25) is 0 Å². The third-order valence-electron chi connectivity index (χ3n) is 5.93. The molecule has 198 valence electrons. The predicted molar refractivity (Wildman–Crippen MR) is 179 cm³/mol. The maximum absolute atomic E-state index is 6.16. The van der Waals surface area contributed by atoms with Gasteiger partial charge in [-0.05, 0) is 47.5 Å². The normalized spacial score (nSPS) is 11.0. The number of halogens is 4. The van der Waals surface area contributed by atoms with Gasteiger partial charge in [0.05, 0.1) is 11.4 Å². The van der Waals surface area contributed by atoms with E-state index in [2.05, 4.69) is 91.0 Å². The summed E-state index contributed by atoms with van der Waals surface area (Å²) in [6.07, 6.45) is 0. The van der Waals surface area contributed by atoms with Crippen molar-refractivity contribution < 1.29 is 0 Å². The topological polar surface area (TPSA) is 49.8 Å². The maximum Gasteiger partial charge on any atom is 0.187 e. The molecule has 0 spiro atoms. The molecule has 0 radical (unpaired) electrons. The highest BCUT2D eigenvalue weighted by Gasteiger charge is 2.09. The molecule has 40 heavy (non-hydrogen) atoms. The van der Waals surface area contributed by atoms with Crippen LogP contribution in [0.3, 0.4) is 0 Å². The van der Waals surface area contributed by atoms with Crippen LogP contribution < -0.4 is 10.6 Å². The molecule has 2 N–H and O–H groups in total. The molecule has 4 aromatic carbocycles. The van der Waals surface area contributed by atoms with Crippen molar-refractivity contribution >= 4 is 99.4 Å². The number of nitrogens with zero attached hydrogens (tertiary/aromatic N) is 2. The summed E-state index contributed by atoms with van der Waals surface area (Å²) in [6.45, 7) is 0. The van der Waals surface area contributed by atoms with Crippen LogP contribution in [0.5, 0.6) is 0 Å². The number of rotatable bonds is 7. The summed E-state index contributed by atoms with van der Waals surface area (Å²) in [5.74, 6) is 0. The van der Waals surface area contributed by atoms with Crippen molar-refractivity contribution in [2.45, 2.75) is 0 Å². The molecule has 0 saturated heterocycles. The van der Waals surface area contributed by atoms with Gasteiger partial charge in [0.1, 0.15) is 0 Å². The summed E-state index contributed by atoms with van der Waals surface area (Å²) in [5.41, 5.74) is 8.02. The first-order valence-electron chi connectivity index (χ1n) is 12.0.